The van der Waals surface area contributed by atoms with Crippen molar-refractivity contribution < 1.29 is 13.5 Å². The molecule has 26 heavy (non-hydrogen) atoms. The van der Waals surface area contributed by atoms with Gasteiger partial charge in [-0.1, -0.05) is 18.2 Å². The van der Waals surface area contributed by atoms with Crippen molar-refractivity contribution >= 4 is 0 Å². The van der Waals surface area contributed by atoms with Gasteiger partial charge in [0.25, 0.3) is 0 Å². The van der Waals surface area contributed by atoms with Crippen LogP contribution in [0.3, 0.4) is 0 Å². The Morgan fingerprint density at radius 2 is 1.62 bits per heavy atom. The summed E-state index contributed by atoms with van der Waals surface area (Å²) < 4.78 is 33.0. The van der Waals surface area contributed by atoms with E-state index < -0.39 is 5.82 Å². The summed E-state index contributed by atoms with van der Waals surface area (Å²) >= 11 is 0. The van der Waals surface area contributed by atoms with Gasteiger partial charge in [-0.15, -0.1) is 0 Å². The molecular weight excluding hydrogens is 334 g/mol. The van der Waals surface area contributed by atoms with Crippen molar-refractivity contribution in [1.29, 1.82) is 10.5 Å². The summed E-state index contributed by atoms with van der Waals surface area (Å²) in [7, 11) is 0. The smallest absolute Gasteiger partial charge is 0.131 e. The second-order valence-corrected chi connectivity index (χ2v) is 5.57. The molecule has 0 unspecified atom stereocenters. The van der Waals surface area contributed by atoms with Gasteiger partial charge in [0.05, 0.1) is 23.3 Å². The maximum absolute atomic E-state index is 13.9. The first-order valence-electron chi connectivity index (χ1n) is 7.71. The Balaban J connectivity index is 1.88. The molecule has 0 atom stereocenters. The van der Waals surface area contributed by atoms with Crippen LogP contribution in [0.5, 0.6) is 5.75 Å². The van der Waals surface area contributed by atoms with Gasteiger partial charge in [-0.05, 0) is 53.6 Å². The Morgan fingerprint density at radius 1 is 0.808 bits per heavy atom. The van der Waals surface area contributed by atoms with Crippen LogP contribution < -0.4 is 4.74 Å². The van der Waals surface area contributed by atoms with Gasteiger partial charge in [0.2, 0.25) is 0 Å². The lowest BCUT2D eigenvalue weighted by molar-refractivity contribution is 0.300. The molecule has 0 aliphatic heterocycles. The maximum Gasteiger partial charge on any atom is 0.131 e. The Kier molecular flexibility index (Phi) is 4.92. The van der Waals surface area contributed by atoms with Crippen molar-refractivity contribution in [3.8, 4) is 29.0 Å². The zero-order valence-corrected chi connectivity index (χ0v) is 13.5. The molecule has 0 amide bonds. The van der Waals surface area contributed by atoms with Crippen molar-refractivity contribution in [2.45, 2.75) is 6.61 Å². The third-order valence-corrected chi connectivity index (χ3v) is 3.77. The zero-order valence-electron chi connectivity index (χ0n) is 13.5. The molecule has 0 spiro atoms. The van der Waals surface area contributed by atoms with Gasteiger partial charge in [-0.25, -0.2) is 8.78 Å². The van der Waals surface area contributed by atoms with E-state index in [4.69, 9.17) is 10.00 Å². The summed E-state index contributed by atoms with van der Waals surface area (Å²) in [6, 6.07) is 18.9. The van der Waals surface area contributed by atoms with E-state index in [1.807, 2.05) is 12.1 Å². The highest BCUT2D eigenvalue weighted by molar-refractivity contribution is 5.67. The molecule has 0 fully saturated rings. The number of nitriles is 2. The van der Waals surface area contributed by atoms with Crippen molar-refractivity contribution in [1.82, 2.24) is 0 Å². The minimum absolute atomic E-state index is 0.0605. The Morgan fingerprint density at radius 3 is 2.31 bits per heavy atom. The van der Waals surface area contributed by atoms with E-state index in [1.54, 1.807) is 24.3 Å². The second-order valence-electron chi connectivity index (χ2n) is 5.57. The summed E-state index contributed by atoms with van der Waals surface area (Å²) in [5, 5.41) is 18.0. The lowest BCUT2D eigenvalue weighted by atomic mass is 10.0. The van der Waals surface area contributed by atoms with E-state index in [1.165, 1.54) is 30.3 Å². The van der Waals surface area contributed by atoms with Gasteiger partial charge in [-0.3, -0.25) is 0 Å². The van der Waals surface area contributed by atoms with Crippen molar-refractivity contribution in [2.75, 3.05) is 0 Å². The molecule has 126 valence electrons. The van der Waals surface area contributed by atoms with E-state index in [9.17, 15) is 14.0 Å². The van der Waals surface area contributed by atoms with E-state index in [-0.39, 0.29) is 18.0 Å². The van der Waals surface area contributed by atoms with Crippen molar-refractivity contribution in [3.63, 3.8) is 0 Å². The number of benzene rings is 3. The standard InChI is InChI=1S/C21H12F2N2O/c22-19-3-1-2-16(9-19)18-6-15(12-25)7-20(10-18)26-13-17-5-4-14(11-24)8-21(17)23/h1-10H,13H2. The van der Waals surface area contributed by atoms with Crippen LogP contribution >= 0.6 is 0 Å². The molecule has 0 aliphatic rings. The van der Waals surface area contributed by atoms with Gasteiger partial charge in [0.15, 0.2) is 0 Å². The third kappa shape index (κ3) is 3.85. The summed E-state index contributed by atoms with van der Waals surface area (Å²) in [4.78, 5) is 0. The van der Waals surface area contributed by atoms with E-state index in [0.29, 0.717) is 28.0 Å². The predicted octanol–water partition coefficient (Wildman–Crippen LogP) is 4.95. The molecule has 0 heterocycles. The Labute approximate surface area is 149 Å². The maximum atomic E-state index is 13.9. The summed E-state index contributed by atoms with van der Waals surface area (Å²) in [5.41, 5.74) is 2.10. The predicted molar refractivity (Wildman–Crippen MR) is 92.0 cm³/mol. The highest BCUT2D eigenvalue weighted by Crippen LogP contribution is 2.27. The van der Waals surface area contributed by atoms with E-state index >= 15 is 0 Å². The number of hydrogen-bond donors (Lipinski definition) is 0. The SMILES string of the molecule is N#Cc1cc(OCc2ccc(C#N)cc2F)cc(-c2cccc(F)c2)c1. The number of nitrogens with zero attached hydrogens (tertiary/aromatic N) is 2. The van der Waals surface area contributed by atoms with Crippen molar-refractivity contribution in [2.24, 2.45) is 0 Å². The van der Waals surface area contributed by atoms with Crippen molar-refractivity contribution in [3.05, 3.63) is 89.0 Å². The number of halogens is 2. The Hall–Kier alpha value is -3.70. The van der Waals surface area contributed by atoms with Gasteiger partial charge in [0, 0.05) is 5.56 Å². The quantitative estimate of drug-likeness (QED) is 0.671. The number of ether oxygens (including phenoxy) is 1. The minimum atomic E-state index is -0.536. The molecule has 5 heteroatoms. The zero-order chi connectivity index (χ0) is 18.5. The molecule has 3 aromatic rings. The first kappa shape index (κ1) is 17.1. The second kappa shape index (κ2) is 7.46. The van der Waals surface area contributed by atoms with Crippen LogP contribution in [0.1, 0.15) is 16.7 Å². The third-order valence-electron chi connectivity index (χ3n) is 3.77. The molecule has 3 aromatic carbocycles. The van der Waals surface area contributed by atoms with Crippen LogP contribution in [0.15, 0.2) is 60.7 Å². The fraction of sp³-hybridized carbons (Fsp3) is 0.0476. The molecular formula is C21H12F2N2O. The highest BCUT2D eigenvalue weighted by Gasteiger charge is 2.08. The summed E-state index contributed by atoms with van der Waals surface area (Å²) in [5.74, 6) is -0.551. The lowest BCUT2D eigenvalue weighted by Crippen LogP contribution is -1.99. The largest absolute Gasteiger partial charge is 0.489 e. The molecule has 3 rings (SSSR count). The van der Waals surface area contributed by atoms with E-state index in [0.717, 1.165) is 6.07 Å². The molecule has 0 saturated heterocycles. The fourth-order valence-corrected chi connectivity index (χ4v) is 2.48. The van der Waals surface area contributed by atoms with Crippen LogP contribution in [-0.2, 0) is 6.61 Å². The molecule has 3 nitrogen and oxygen atoms in total. The first-order valence-corrected chi connectivity index (χ1v) is 7.71. The van der Waals surface area contributed by atoms with Crippen LogP contribution in [0.25, 0.3) is 11.1 Å². The van der Waals surface area contributed by atoms with Gasteiger partial charge >= 0.3 is 0 Å². The van der Waals surface area contributed by atoms with Crippen LogP contribution in [-0.4, -0.2) is 0 Å². The average molecular weight is 346 g/mol. The first-order chi connectivity index (χ1) is 12.6. The van der Waals surface area contributed by atoms with Gasteiger partial charge in [0.1, 0.15) is 24.0 Å². The number of hydrogen-bond acceptors (Lipinski definition) is 3. The summed E-state index contributed by atoms with van der Waals surface area (Å²) in [6.45, 7) is -0.0605. The Bertz CT molecular complexity index is 1050. The van der Waals surface area contributed by atoms with Gasteiger partial charge in [-0.2, -0.15) is 10.5 Å². The summed E-state index contributed by atoms with van der Waals surface area (Å²) in [6.07, 6.45) is 0. The molecule has 0 N–H and O–H groups in total. The normalized spacial score (nSPS) is 10.0. The van der Waals surface area contributed by atoms with Crippen LogP contribution in [0.4, 0.5) is 8.78 Å². The number of rotatable bonds is 4. The van der Waals surface area contributed by atoms with E-state index in [2.05, 4.69) is 0 Å². The molecule has 0 aromatic heterocycles. The molecule has 0 radical (unpaired) electrons. The fourth-order valence-electron chi connectivity index (χ4n) is 2.48. The van der Waals surface area contributed by atoms with Gasteiger partial charge < -0.3 is 4.74 Å². The topological polar surface area (TPSA) is 56.8 Å². The lowest BCUT2D eigenvalue weighted by Gasteiger charge is -2.10. The average Bonchev–Trinajstić information content (AvgIpc) is 2.66. The minimum Gasteiger partial charge on any atom is -0.489 e. The molecule has 0 bridgehead atoms. The monoisotopic (exact) mass is 346 g/mol. The van der Waals surface area contributed by atoms with Crippen LogP contribution in [0, 0.1) is 34.3 Å². The van der Waals surface area contributed by atoms with Crippen LogP contribution in [0.2, 0.25) is 0 Å². The molecule has 0 aliphatic carbocycles. The molecule has 0 saturated carbocycles. The highest BCUT2D eigenvalue weighted by atomic mass is 19.1.